The molecule has 0 unspecified atom stereocenters. The third kappa shape index (κ3) is 4.81. The largest absolute Gasteiger partial charge is 0.491 e. The molecule has 1 aromatic carbocycles. The number of benzene rings is 1. The number of ether oxygens (including phenoxy) is 2. The molecule has 108 valence electrons. The van der Waals surface area contributed by atoms with E-state index in [-0.39, 0.29) is 11.5 Å². The van der Waals surface area contributed by atoms with E-state index in [0.717, 1.165) is 5.56 Å². The van der Waals surface area contributed by atoms with Gasteiger partial charge >= 0.3 is 0 Å². The highest BCUT2D eigenvalue weighted by Crippen LogP contribution is 2.23. The first-order valence-electron chi connectivity index (χ1n) is 6.13. The molecule has 0 radical (unpaired) electrons. The zero-order valence-corrected chi connectivity index (χ0v) is 12.3. The average molecular weight is 288 g/mol. The number of aryl methyl sites for hydroxylation is 1. The van der Waals surface area contributed by atoms with E-state index < -0.39 is 10.1 Å². The summed E-state index contributed by atoms with van der Waals surface area (Å²) in [7, 11) is -2.12. The molecule has 1 rings (SSSR count). The highest BCUT2D eigenvalue weighted by Gasteiger charge is 2.16. The van der Waals surface area contributed by atoms with Gasteiger partial charge in [0.05, 0.1) is 18.1 Å². The van der Waals surface area contributed by atoms with Crippen molar-refractivity contribution in [3.05, 3.63) is 23.8 Å². The maximum Gasteiger partial charge on any atom is 0.297 e. The average Bonchev–Trinajstić information content (AvgIpc) is 2.38. The van der Waals surface area contributed by atoms with Gasteiger partial charge in [-0.2, -0.15) is 8.42 Å². The van der Waals surface area contributed by atoms with E-state index in [0.29, 0.717) is 25.4 Å². The highest BCUT2D eigenvalue weighted by molar-refractivity contribution is 7.86. The summed E-state index contributed by atoms with van der Waals surface area (Å²) in [4.78, 5) is 0.110. The van der Waals surface area contributed by atoms with Crippen molar-refractivity contribution < 1.29 is 22.1 Å². The molecule has 0 bridgehead atoms. The third-order valence-electron chi connectivity index (χ3n) is 2.44. The van der Waals surface area contributed by atoms with E-state index >= 15 is 0 Å². The molecule has 0 aliphatic rings. The molecule has 6 heteroatoms. The Kier molecular flexibility index (Phi) is 6.27. The lowest BCUT2D eigenvalue weighted by atomic mass is 10.2. The van der Waals surface area contributed by atoms with E-state index in [1.165, 1.54) is 12.1 Å². The van der Waals surface area contributed by atoms with E-state index in [9.17, 15) is 8.42 Å². The fourth-order valence-corrected chi connectivity index (χ4v) is 2.40. The number of hydrogen-bond acceptors (Lipinski definition) is 5. The quantitative estimate of drug-likeness (QED) is 0.542. The molecule has 0 amide bonds. The van der Waals surface area contributed by atoms with Crippen LogP contribution < -0.4 is 4.74 Å². The maximum atomic E-state index is 11.9. The van der Waals surface area contributed by atoms with Crippen molar-refractivity contribution in [1.82, 2.24) is 0 Å². The van der Waals surface area contributed by atoms with Crippen molar-refractivity contribution in [2.75, 3.05) is 26.9 Å². The minimum atomic E-state index is -3.70. The number of hydrogen-bond donors (Lipinski definition) is 0. The van der Waals surface area contributed by atoms with Crippen molar-refractivity contribution in [2.24, 2.45) is 0 Å². The van der Waals surface area contributed by atoms with E-state index in [2.05, 4.69) is 0 Å². The lowest BCUT2D eigenvalue weighted by molar-refractivity contribution is 0.146. The lowest BCUT2D eigenvalue weighted by Gasteiger charge is -2.11. The van der Waals surface area contributed by atoms with Crippen molar-refractivity contribution >= 4 is 10.1 Å². The van der Waals surface area contributed by atoms with Crippen molar-refractivity contribution in [3.63, 3.8) is 0 Å². The molecule has 0 aliphatic carbocycles. The van der Waals surface area contributed by atoms with Gasteiger partial charge < -0.3 is 9.47 Å². The summed E-state index contributed by atoms with van der Waals surface area (Å²) in [6.07, 6.45) is 0.641. The number of methoxy groups -OCH3 is 1. The zero-order chi connectivity index (χ0) is 14.3. The zero-order valence-electron chi connectivity index (χ0n) is 11.5. The molecule has 0 spiro atoms. The SMILES string of the molecule is CCCOS(=O)(=O)c1ccc(C)c(OCCOC)c1. The van der Waals surface area contributed by atoms with E-state index in [1.54, 1.807) is 13.2 Å². The van der Waals surface area contributed by atoms with Crippen LogP contribution in [0.15, 0.2) is 23.1 Å². The van der Waals surface area contributed by atoms with Gasteiger partial charge in [0, 0.05) is 13.2 Å². The molecular formula is C13H20O5S. The van der Waals surface area contributed by atoms with Gasteiger partial charge in [-0.1, -0.05) is 13.0 Å². The van der Waals surface area contributed by atoms with Gasteiger partial charge in [0.2, 0.25) is 0 Å². The molecule has 0 fully saturated rings. The van der Waals surface area contributed by atoms with Crippen LogP contribution in [0.2, 0.25) is 0 Å². The van der Waals surface area contributed by atoms with Crippen LogP contribution in [0.25, 0.3) is 0 Å². The summed E-state index contributed by atoms with van der Waals surface area (Å²) in [5, 5.41) is 0. The van der Waals surface area contributed by atoms with Crippen LogP contribution in [0.4, 0.5) is 0 Å². The summed E-state index contributed by atoms with van der Waals surface area (Å²) in [5.41, 5.74) is 0.866. The van der Waals surface area contributed by atoms with Gasteiger partial charge in [0.1, 0.15) is 12.4 Å². The topological polar surface area (TPSA) is 61.8 Å². The molecular weight excluding hydrogens is 268 g/mol. The minimum absolute atomic E-state index is 0.110. The fourth-order valence-electron chi connectivity index (χ4n) is 1.39. The van der Waals surface area contributed by atoms with Gasteiger partial charge in [-0.15, -0.1) is 0 Å². The first kappa shape index (κ1) is 15.9. The first-order chi connectivity index (χ1) is 9.01. The summed E-state index contributed by atoms with van der Waals surface area (Å²) < 4.78 is 39.0. The van der Waals surface area contributed by atoms with Crippen LogP contribution in [-0.2, 0) is 19.0 Å². The molecule has 1 aromatic rings. The Morgan fingerprint density at radius 2 is 1.89 bits per heavy atom. The second-order valence-corrected chi connectivity index (χ2v) is 5.66. The molecule has 0 aliphatic heterocycles. The Bertz CT molecular complexity index is 496. The van der Waals surface area contributed by atoms with Crippen LogP contribution >= 0.6 is 0 Å². The van der Waals surface area contributed by atoms with Gasteiger partial charge in [0.15, 0.2) is 0 Å². The van der Waals surface area contributed by atoms with Crippen LogP contribution in [0.5, 0.6) is 5.75 Å². The van der Waals surface area contributed by atoms with E-state index in [4.69, 9.17) is 13.7 Å². The molecule has 0 heterocycles. The van der Waals surface area contributed by atoms with Crippen molar-refractivity contribution in [1.29, 1.82) is 0 Å². The molecule has 0 saturated carbocycles. The van der Waals surface area contributed by atoms with Crippen LogP contribution in [0, 0.1) is 6.92 Å². The Hall–Kier alpha value is -1.11. The van der Waals surface area contributed by atoms with Gasteiger partial charge in [-0.25, -0.2) is 0 Å². The predicted octanol–water partition coefficient (Wildman–Crippen LogP) is 2.14. The number of rotatable bonds is 8. The minimum Gasteiger partial charge on any atom is -0.491 e. The Labute approximate surface area is 114 Å². The normalized spacial score (nSPS) is 11.5. The molecule has 0 aromatic heterocycles. The molecule has 0 atom stereocenters. The van der Waals surface area contributed by atoms with Crippen molar-refractivity contribution in [2.45, 2.75) is 25.2 Å². The summed E-state index contributed by atoms with van der Waals surface area (Å²) in [5.74, 6) is 0.526. The molecule has 5 nitrogen and oxygen atoms in total. The predicted molar refractivity (Wildman–Crippen MR) is 72.0 cm³/mol. The third-order valence-corrected chi connectivity index (χ3v) is 3.74. The highest BCUT2D eigenvalue weighted by atomic mass is 32.2. The monoisotopic (exact) mass is 288 g/mol. The summed E-state index contributed by atoms with van der Waals surface area (Å²) in [6, 6.07) is 4.70. The standard InChI is InChI=1S/C13H20O5S/c1-4-7-18-19(14,15)12-6-5-11(2)13(10-12)17-9-8-16-3/h5-6,10H,4,7-9H2,1-3H3. The molecule has 19 heavy (non-hydrogen) atoms. The summed E-state index contributed by atoms with van der Waals surface area (Å²) in [6.45, 7) is 4.70. The van der Waals surface area contributed by atoms with Gasteiger partial charge in [0.25, 0.3) is 10.1 Å². The molecule has 0 N–H and O–H groups in total. The lowest BCUT2D eigenvalue weighted by Crippen LogP contribution is -2.09. The van der Waals surface area contributed by atoms with Crippen LogP contribution in [0.1, 0.15) is 18.9 Å². The van der Waals surface area contributed by atoms with E-state index in [1.807, 2.05) is 13.8 Å². The Morgan fingerprint density at radius 3 is 2.53 bits per heavy atom. The van der Waals surface area contributed by atoms with Gasteiger partial charge in [-0.05, 0) is 25.0 Å². The molecule has 0 saturated heterocycles. The Balaban J connectivity index is 2.88. The van der Waals surface area contributed by atoms with Crippen LogP contribution in [-0.4, -0.2) is 35.3 Å². The van der Waals surface area contributed by atoms with Crippen LogP contribution in [0.3, 0.4) is 0 Å². The summed E-state index contributed by atoms with van der Waals surface area (Å²) >= 11 is 0. The maximum absolute atomic E-state index is 11.9. The first-order valence-corrected chi connectivity index (χ1v) is 7.54. The Morgan fingerprint density at radius 1 is 1.16 bits per heavy atom. The second kappa shape index (κ2) is 7.47. The second-order valence-electron chi connectivity index (χ2n) is 4.04. The van der Waals surface area contributed by atoms with Crippen molar-refractivity contribution in [3.8, 4) is 5.75 Å². The van der Waals surface area contributed by atoms with Gasteiger partial charge in [-0.3, -0.25) is 4.18 Å². The smallest absolute Gasteiger partial charge is 0.297 e. The fraction of sp³-hybridized carbons (Fsp3) is 0.538.